The van der Waals surface area contributed by atoms with Gasteiger partial charge in [-0.3, -0.25) is 14.9 Å². The average Bonchev–Trinajstić information content (AvgIpc) is 3.06. The Hall–Kier alpha value is -2.83. The van der Waals surface area contributed by atoms with Crippen molar-refractivity contribution in [3.05, 3.63) is 57.5 Å². The quantitative estimate of drug-likeness (QED) is 0.663. The van der Waals surface area contributed by atoms with Gasteiger partial charge in [-0.25, -0.2) is 0 Å². The van der Waals surface area contributed by atoms with Gasteiger partial charge >= 0.3 is 0 Å². The van der Waals surface area contributed by atoms with Crippen LogP contribution in [0.2, 0.25) is 0 Å². The number of aryl methyl sites for hydroxylation is 1. The molecule has 1 amide bonds. The molecule has 1 fully saturated rings. The predicted octanol–water partition coefficient (Wildman–Crippen LogP) is 3.83. The number of furan rings is 1. The normalized spacial score (nSPS) is 20.0. The van der Waals surface area contributed by atoms with Crippen molar-refractivity contribution in [2.24, 2.45) is 5.92 Å². The number of anilines is 1. The van der Waals surface area contributed by atoms with Gasteiger partial charge in [-0.15, -0.1) is 0 Å². The Bertz CT molecular complexity index is 830. The van der Waals surface area contributed by atoms with Gasteiger partial charge in [0.1, 0.15) is 17.2 Å². The van der Waals surface area contributed by atoms with Crippen LogP contribution in [-0.2, 0) is 0 Å². The lowest BCUT2D eigenvalue weighted by molar-refractivity contribution is -0.384. The number of carbonyl (C=O) groups is 1. The molecular formula is C19H23N3O4. The Morgan fingerprint density at radius 2 is 2.12 bits per heavy atom. The van der Waals surface area contributed by atoms with Gasteiger partial charge in [0.15, 0.2) is 0 Å². The third-order valence-electron chi connectivity index (χ3n) is 4.93. The van der Waals surface area contributed by atoms with Crippen molar-refractivity contribution in [3.63, 3.8) is 0 Å². The molecule has 2 aromatic rings. The van der Waals surface area contributed by atoms with Gasteiger partial charge in [-0.1, -0.05) is 6.92 Å². The number of nitro benzene ring substituents is 1. The zero-order valence-corrected chi connectivity index (χ0v) is 15.2. The molecule has 0 radical (unpaired) electrons. The minimum absolute atomic E-state index is 0.0583. The van der Waals surface area contributed by atoms with Crippen molar-refractivity contribution in [2.75, 3.05) is 18.5 Å². The van der Waals surface area contributed by atoms with Gasteiger partial charge in [-0.05, 0) is 49.9 Å². The summed E-state index contributed by atoms with van der Waals surface area (Å²) in [5.74, 6) is 1.80. The van der Waals surface area contributed by atoms with Crippen molar-refractivity contribution in [3.8, 4) is 0 Å². The molecule has 2 heterocycles. The van der Waals surface area contributed by atoms with Gasteiger partial charge in [0.2, 0.25) is 0 Å². The molecule has 7 heteroatoms. The van der Waals surface area contributed by atoms with Crippen LogP contribution in [0.1, 0.15) is 47.7 Å². The van der Waals surface area contributed by atoms with E-state index in [-0.39, 0.29) is 23.2 Å². The Labute approximate surface area is 152 Å². The van der Waals surface area contributed by atoms with E-state index in [0.717, 1.165) is 24.4 Å². The summed E-state index contributed by atoms with van der Waals surface area (Å²) in [5.41, 5.74) is 0.737. The molecule has 0 aliphatic carbocycles. The summed E-state index contributed by atoms with van der Waals surface area (Å²) in [5, 5.41) is 14.2. The first kappa shape index (κ1) is 18.0. The molecule has 3 rings (SSSR count). The van der Waals surface area contributed by atoms with E-state index in [1.165, 1.54) is 13.1 Å². The fourth-order valence-corrected chi connectivity index (χ4v) is 3.53. The maximum atomic E-state index is 11.8. The third-order valence-corrected chi connectivity index (χ3v) is 4.93. The number of nitro groups is 1. The van der Waals surface area contributed by atoms with Crippen LogP contribution in [0, 0.1) is 23.0 Å². The Kier molecular flexibility index (Phi) is 4.97. The van der Waals surface area contributed by atoms with Gasteiger partial charge in [0, 0.05) is 25.2 Å². The molecule has 2 atom stereocenters. The summed E-state index contributed by atoms with van der Waals surface area (Å²) in [4.78, 5) is 25.1. The van der Waals surface area contributed by atoms with E-state index in [1.54, 1.807) is 12.1 Å². The number of benzene rings is 1. The molecule has 0 bridgehead atoms. The second-order valence-electron chi connectivity index (χ2n) is 6.83. The zero-order valence-electron chi connectivity index (χ0n) is 15.2. The number of nitrogens with one attached hydrogen (secondary N) is 1. The van der Waals surface area contributed by atoms with Gasteiger partial charge in [-0.2, -0.15) is 0 Å². The van der Waals surface area contributed by atoms with Crippen molar-refractivity contribution < 1.29 is 14.1 Å². The van der Waals surface area contributed by atoms with Crippen LogP contribution < -0.4 is 10.2 Å². The zero-order chi connectivity index (χ0) is 18.8. The lowest BCUT2D eigenvalue weighted by Gasteiger charge is -2.38. The number of amides is 1. The highest BCUT2D eigenvalue weighted by Gasteiger charge is 2.33. The van der Waals surface area contributed by atoms with E-state index in [2.05, 4.69) is 12.2 Å². The first-order valence-corrected chi connectivity index (χ1v) is 8.74. The fourth-order valence-electron chi connectivity index (χ4n) is 3.53. The van der Waals surface area contributed by atoms with Crippen LogP contribution in [0.5, 0.6) is 0 Å². The fraction of sp³-hybridized carbons (Fsp3) is 0.421. The number of hydrogen-bond donors (Lipinski definition) is 1. The van der Waals surface area contributed by atoms with Crippen LogP contribution in [0.15, 0.2) is 34.7 Å². The Morgan fingerprint density at radius 1 is 1.35 bits per heavy atom. The summed E-state index contributed by atoms with van der Waals surface area (Å²) in [6.45, 7) is 4.77. The molecule has 7 nitrogen and oxygen atoms in total. The molecule has 2 unspecified atom stereocenters. The van der Waals surface area contributed by atoms with E-state index in [1.807, 2.05) is 24.0 Å². The van der Waals surface area contributed by atoms with E-state index < -0.39 is 4.92 Å². The van der Waals surface area contributed by atoms with Crippen molar-refractivity contribution in [1.82, 2.24) is 5.32 Å². The van der Waals surface area contributed by atoms with E-state index >= 15 is 0 Å². The van der Waals surface area contributed by atoms with Crippen molar-refractivity contribution in [1.29, 1.82) is 0 Å². The second-order valence-corrected chi connectivity index (χ2v) is 6.83. The van der Waals surface area contributed by atoms with Gasteiger partial charge in [0.05, 0.1) is 11.0 Å². The monoisotopic (exact) mass is 357 g/mol. The summed E-state index contributed by atoms with van der Waals surface area (Å²) in [6, 6.07) is 8.44. The SMILES string of the molecule is CNC(=O)c1ccc(N2CCC(C)CC2c2ccc(C)o2)c([N+](=O)[O-])c1. The molecule has 1 saturated heterocycles. The largest absolute Gasteiger partial charge is 0.464 e. The topological polar surface area (TPSA) is 88.6 Å². The summed E-state index contributed by atoms with van der Waals surface area (Å²) in [6.07, 6.45) is 1.81. The van der Waals surface area contributed by atoms with Crippen LogP contribution in [0.25, 0.3) is 0 Å². The van der Waals surface area contributed by atoms with Crippen LogP contribution >= 0.6 is 0 Å². The molecule has 1 aromatic heterocycles. The summed E-state index contributed by atoms with van der Waals surface area (Å²) in [7, 11) is 1.50. The third kappa shape index (κ3) is 3.42. The minimum Gasteiger partial charge on any atom is -0.464 e. The van der Waals surface area contributed by atoms with Gasteiger partial charge < -0.3 is 14.6 Å². The molecular weight excluding hydrogens is 334 g/mol. The van der Waals surface area contributed by atoms with Crippen LogP contribution in [0.3, 0.4) is 0 Å². The Balaban J connectivity index is 2.04. The molecule has 1 aliphatic rings. The average molecular weight is 357 g/mol. The highest BCUT2D eigenvalue weighted by Crippen LogP contribution is 2.41. The molecule has 1 N–H and O–H groups in total. The maximum absolute atomic E-state index is 11.8. The summed E-state index contributed by atoms with van der Waals surface area (Å²) < 4.78 is 5.83. The highest BCUT2D eigenvalue weighted by atomic mass is 16.6. The number of nitrogens with zero attached hydrogens (tertiary/aromatic N) is 2. The Morgan fingerprint density at radius 3 is 2.73 bits per heavy atom. The lowest BCUT2D eigenvalue weighted by Crippen LogP contribution is -2.36. The van der Waals surface area contributed by atoms with E-state index in [9.17, 15) is 14.9 Å². The molecule has 1 aromatic carbocycles. The number of hydrogen-bond acceptors (Lipinski definition) is 5. The molecule has 0 spiro atoms. The first-order valence-electron chi connectivity index (χ1n) is 8.74. The molecule has 138 valence electrons. The lowest BCUT2D eigenvalue weighted by atomic mass is 9.90. The van der Waals surface area contributed by atoms with Crippen molar-refractivity contribution in [2.45, 2.75) is 32.7 Å². The minimum atomic E-state index is -0.426. The van der Waals surface area contributed by atoms with Gasteiger partial charge in [0.25, 0.3) is 11.6 Å². The first-order chi connectivity index (χ1) is 12.4. The number of carbonyl (C=O) groups excluding carboxylic acids is 1. The standard InChI is InChI=1S/C19H23N3O4/c1-12-8-9-21(17(10-12)18-7-4-13(2)26-18)15-6-5-14(19(23)20-3)11-16(15)22(24)25/h4-7,11-12,17H,8-10H2,1-3H3,(H,20,23). The highest BCUT2D eigenvalue weighted by molar-refractivity contribution is 5.95. The van der Waals surface area contributed by atoms with Crippen molar-refractivity contribution >= 4 is 17.3 Å². The number of rotatable bonds is 4. The predicted molar refractivity (Wildman–Crippen MR) is 98.4 cm³/mol. The van der Waals surface area contributed by atoms with Crippen LogP contribution in [0.4, 0.5) is 11.4 Å². The smallest absolute Gasteiger partial charge is 0.293 e. The molecule has 26 heavy (non-hydrogen) atoms. The number of piperidine rings is 1. The maximum Gasteiger partial charge on any atom is 0.293 e. The summed E-state index contributed by atoms with van der Waals surface area (Å²) >= 11 is 0. The van der Waals surface area contributed by atoms with E-state index in [0.29, 0.717) is 18.2 Å². The van der Waals surface area contributed by atoms with E-state index in [4.69, 9.17) is 4.42 Å². The van der Waals surface area contributed by atoms with Crippen LogP contribution in [-0.4, -0.2) is 24.4 Å². The molecule has 0 saturated carbocycles. The second kappa shape index (κ2) is 7.19. The molecule has 1 aliphatic heterocycles.